The Hall–Kier alpha value is -5.03. The van der Waals surface area contributed by atoms with E-state index in [2.05, 4.69) is 33.7 Å². The summed E-state index contributed by atoms with van der Waals surface area (Å²) in [6.07, 6.45) is 1.95. The van der Waals surface area contributed by atoms with Gasteiger partial charge in [-0.1, -0.05) is 91.0 Å². The van der Waals surface area contributed by atoms with Crippen LogP contribution in [0, 0.1) is 0 Å². The van der Waals surface area contributed by atoms with Gasteiger partial charge in [0.15, 0.2) is 6.29 Å². The quantitative estimate of drug-likeness (QED) is 0.105. The van der Waals surface area contributed by atoms with Gasteiger partial charge in [-0.3, -0.25) is 4.90 Å². The summed E-state index contributed by atoms with van der Waals surface area (Å²) in [6, 6.07) is 40.8. The van der Waals surface area contributed by atoms with Crippen molar-refractivity contribution >= 4 is 11.7 Å². The summed E-state index contributed by atoms with van der Waals surface area (Å²) in [6.45, 7) is 2.18. The number of urea groups is 1. The molecule has 9 nitrogen and oxygen atoms in total. The zero-order valence-electron chi connectivity index (χ0n) is 29.1. The summed E-state index contributed by atoms with van der Waals surface area (Å²) in [7, 11) is 0. The van der Waals surface area contributed by atoms with E-state index in [1.54, 1.807) is 0 Å². The van der Waals surface area contributed by atoms with Crippen molar-refractivity contribution in [2.45, 2.75) is 57.0 Å². The number of hydrogen-bond acceptors (Lipinski definition) is 7. The second-order valence-corrected chi connectivity index (χ2v) is 13.4. The Morgan fingerprint density at radius 2 is 1.50 bits per heavy atom. The molecule has 9 heteroatoms. The molecule has 2 aliphatic heterocycles. The molecular weight excluding hydrogens is 654 g/mol. The largest absolute Gasteiger partial charge is 0.457 e. The van der Waals surface area contributed by atoms with E-state index < -0.39 is 6.29 Å². The number of likely N-dealkylation sites (tertiary alicyclic amines) is 1. The first-order chi connectivity index (χ1) is 25.5. The smallest absolute Gasteiger partial charge is 0.319 e. The first-order valence-corrected chi connectivity index (χ1v) is 18.0. The van der Waals surface area contributed by atoms with Crippen LogP contribution in [0.1, 0.15) is 53.9 Å². The lowest BCUT2D eigenvalue weighted by Crippen LogP contribution is -2.42. The predicted molar refractivity (Wildman–Crippen MR) is 201 cm³/mol. The third-order valence-corrected chi connectivity index (χ3v) is 9.80. The Morgan fingerprint density at radius 3 is 2.25 bits per heavy atom. The van der Waals surface area contributed by atoms with Gasteiger partial charge in [-0.05, 0) is 83.6 Å². The first-order valence-electron chi connectivity index (χ1n) is 18.0. The molecule has 0 spiro atoms. The fourth-order valence-electron chi connectivity index (χ4n) is 6.99. The van der Waals surface area contributed by atoms with Gasteiger partial charge in [-0.15, -0.1) is 0 Å². The summed E-state index contributed by atoms with van der Waals surface area (Å²) < 4.78 is 19.0. The average Bonchev–Trinajstić information content (AvgIpc) is 3.65. The number of nitrogens with zero attached hydrogens (tertiary/aromatic N) is 1. The third kappa shape index (κ3) is 8.88. The molecular formula is C43H45N3O6. The van der Waals surface area contributed by atoms with Gasteiger partial charge >= 0.3 is 6.03 Å². The minimum atomic E-state index is -0.565. The Labute approximate surface area is 304 Å². The van der Waals surface area contributed by atoms with Gasteiger partial charge in [0, 0.05) is 36.8 Å². The molecule has 4 N–H and O–H groups in total. The van der Waals surface area contributed by atoms with Crippen molar-refractivity contribution < 1.29 is 29.2 Å². The lowest BCUT2D eigenvalue weighted by atomic mass is 9.97. The highest BCUT2D eigenvalue weighted by Crippen LogP contribution is 2.39. The summed E-state index contributed by atoms with van der Waals surface area (Å²) in [5.41, 5.74) is 6.51. The topological polar surface area (TPSA) is 113 Å². The van der Waals surface area contributed by atoms with Crippen LogP contribution in [0.2, 0.25) is 0 Å². The second kappa shape index (κ2) is 17.0. The van der Waals surface area contributed by atoms with Crippen LogP contribution in [0.4, 0.5) is 10.5 Å². The highest BCUT2D eigenvalue weighted by atomic mass is 16.7. The molecule has 2 aliphatic rings. The van der Waals surface area contributed by atoms with Crippen LogP contribution >= 0.6 is 0 Å². The summed E-state index contributed by atoms with van der Waals surface area (Å²) in [5, 5.41) is 25.4. The molecule has 7 rings (SSSR count). The number of aliphatic hydroxyl groups excluding tert-OH is 2. The lowest BCUT2D eigenvalue weighted by molar-refractivity contribution is -0.253. The van der Waals surface area contributed by atoms with Crippen LogP contribution in [0.25, 0.3) is 11.1 Å². The van der Waals surface area contributed by atoms with Gasteiger partial charge in [0.2, 0.25) is 0 Å². The zero-order chi connectivity index (χ0) is 35.7. The van der Waals surface area contributed by atoms with E-state index in [9.17, 15) is 15.0 Å². The maximum atomic E-state index is 12.9. The number of hydrogen-bond donors (Lipinski definition) is 4. The van der Waals surface area contributed by atoms with E-state index in [0.717, 1.165) is 65.1 Å². The number of para-hydroxylation sites is 1. The molecule has 0 saturated carbocycles. The number of ether oxygens (including phenoxy) is 3. The van der Waals surface area contributed by atoms with Crippen LogP contribution < -0.4 is 15.4 Å². The van der Waals surface area contributed by atoms with Crippen LogP contribution in [-0.4, -0.2) is 53.0 Å². The molecule has 4 atom stereocenters. The molecule has 5 aromatic rings. The van der Waals surface area contributed by atoms with Crippen molar-refractivity contribution in [2.75, 3.05) is 25.0 Å². The molecule has 0 aromatic heterocycles. The SMILES string of the molecule is O=C(NCc1ccccc1-c1ccc(C2OC(CN3CCCC3CO)CC(c3ccc(CO)cc3)O2)cc1)Nc1ccc(Oc2ccccc2)cc1. The number of nitrogens with one attached hydrogen (secondary N) is 2. The summed E-state index contributed by atoms with van der Waals surface area (Å²) in [4.78, 5) is 15.2. The van der Waals surface area contributed by atoms with E-state index in [4.69, 9.17) is 14.2 Å². The molecule has 4 unspecified atom stereocenters. The van der Waals surface area contributed by atoms with Crippen LogP contribution in [-0.2, 0) is 22.6 Å². The number of carbonyl (C=O) groups excluding carboxylic acids is 1. The Balaban J connectivity index is 1.00. The molecule has 2 fully saturated rings. The monoisotopic (exact) mass is 699 g/mol. The number of aliphatic hydroxyl groups is 2. The number of benzene rings is 5. The normalized spacial score (nSPS) is 20.3. The number of rotatable bonds is 12. The minimum absolute atomic E-state index is 0.00308. The minimum Gasteiger partial charge on any atom is -0.457 e. The third-order valence-electron chi connectivity index (χ3n) is 9.80. The molecule has 2 amide bonds. The average molecular weight is 700 g/mol. The van der Waals surface area contributed by atoms with Crippen LogP contribution in [0.15, 0.2) is 127 Å². The molecule has 52 heavy (non-hydrogen) atoms. The van der Waals surface area contributed by atoms with Crippen molar-refractivity contribution in [1.29, 1.82) is 0 Å². The van der Waals surface area contributed by atoms with E-state index in [1.165, 1.54) is 0 Å². The first kappa shape index (κ1) is 35.4. The van der Waals surface area contributed by atoms with Crippen molar-refractivity contribution in [3.8, 4) is 22.6 Å². The number of anilines is 1. The molecule has 2 saturated heterocycles. The van der Waals surface area contributed by atoms with Gasteiger partial charge in [0.25, 0.3) is 0 Å². The summed E-state index contributed by atoms with van der Waals surface area (Å²) in [5.74, 6) is 1.43. The highest BCUT2D eigenvalue weighted by molar-refractivity contribution is 5.89. The Kier molecular flexibility index (Phi) is 11.6. The van der Waals surface area contributed by atoms with E-state index in [-0.39, 0.29) is 37.5 Å². The van der Waals surface area contributed by atoms with Gasteiger partial charge < -0.3 is 35.1 Å². The van der Waals surface area contributed by atoms with E-state index in [0.29, 0.717) is 24.4 Å². The Bertz CT molecular complexity index is 1890. The number of amides is 2. The van der Waals surface area contributed by atoms with Crippen molar-refractivity contribution in [3.05, 3.63) is 150 Å². The number of carbonyl (C=O) groups is 1. The second-order valence-electron chi connectivity index (χ2n) is 13.4. The predicted octanol–water partition coefficient (Wildman–Crippen LogP) is 7.96. The standard InChI is InChI=1S/C43H45N3O6/c47-28-30-12-14-32(15-13-30)41-25-39(27-46-24-6-8-36(46)29-48)51-42(52-41)33-18-16-31(17-19-33)40-11-5-4-7-34(40)26-44-43(49)45-35-20-22-38(23-21-35)50-37-9-2-1-3-10-37/h1-5,7,9-23,36,39,41-42,47-48H,6,8,24-29H2,(H2,44,45,49). The molecule has 0 radical (unpaired) electrons. The lowest BCUT2D eigenvalue weighted by Gasteiger charge is -2.38. The van der Waals surface area contributed by atoms with Gasteiger partial charge in [-0.2, -0.15) is 0 Å². The van der Waals surface area contributed by atoms with Crippen LogP contribution in [0.3, 0.4) is 0 Å². The maximum Gasteiger partial charge on any atom is 0.319 e. The van der Waals surface area contributed by atoms with Crippen LogP contribution in [0.5, 0.6) is 11.5 Å². The maximum absolute atomic E-state index is 12.9. The molecule has 5 aromatic carbocycles. The van der Waals surface area contributed by atoms with Gasteiger partial charge in [0.1, 0.15) is 11.5 Å². The molecule has 0 aliphatic carbocycles. The zero-order valence-corrected chi connectivity index (χ0v) is 29.1. The highest BCUT2D eigenvalue weighted by Gasteiger charge is 2.35. The summed E-state index contributed by atoms with van der Waals surface area (Å²) >= 11 is 0. The van der Waals surface area contributed by atoms with E-state index in [1.807, 2.05) is 109 Å². The van der Waals surface area contributed by atoms with Gasteiger partial charge in [-0.25, -0.2) is 4.79 Å². The molecule has 268 valence electrons. The molecule has 0 bridgehead atoms. The van der Waals surface area contributed by atoms with Crippen molar-refractivity contribution in [1.82, 2.24) is 10.2 Å². The fraction of sp³-hybridized carbons (Fsp3) is 0.279. The van der Waals surface area contributed by atoms with Crippen molar-refractivity contribution in [2.24, 2.45) is 0 Å². The fourth-order valence-corrected chi connectivity index (χ4v) is 6.99. The van der Waals surface area contributed by atoms with Gasteiger partial charge in [0.05, 0.1) is 25.4 Å². The van der Waals surface area contributed by atoms with Crippen molar-refractivity contribution in [3.63, 3.8) is 0 Å². The Morgan fingerprint density at radius 1 is 0.788 bits per heavy atom. The van der Waals surface area contributed by atoms with E-state index >= 15 is 0 Å². The molecule has 2 heterocycles.